The molecule has 5 rings (SSSR count). The maximum atomic E-state index is 13.7. The van der Waals surface area contributed by atoms with Crippen LogP contribution in [-0.4, -0.2) is 19.8 Å². The number of halogens is 1. The Morgan fingerprint density at radius 3 is 2.33 bits per heavy atom. The van der Waals surface area contributed by atoms with Crippen LogP contribution in [0.4, 0.5) is 5.69 Å². The first-order chi connectivity index (χ1) is 17.5. The molecule has 0 radical (unpaired) electrons. The number of sulfonamides is 1. The van der Waals surface area contributed by atoms with Gasteiger partial charge in [-0.1, -0.05) is 72.3 Å². The minimum Gasteiger partial charge on any atom is -0.493 e. The average Bonchev–Trinajstić information content (AvgIpc) is 2.90. The number of nitrogens with zero attached hydrogens (tertiary/aromatic N) is 1. The maximum Gasteiger partial charge on any atom is 0.247 e. The lowest BCUT2D eigenvalue weighted by Crippen LogP contribution is -2.42. The van der Waals surface area contributed by atoms with Gasteiger partial charge in [0.2, 0.25) is 10.0 Å². The molecule has 1 heterocycles. The van der Waals surface area contributed by atoms with Gasteiger partial charge in [-0.15, -0.1) is 0 Å². The first kappa shape index (κ1) is 24.2. The second-order valence-corrected chi connectivity index (χ2v) is 10.7. The van der Waals surface area contributed by atoms with Gasteiger partial charge >= 0.3 is 0 Å². The van der Waals surface area contributed by atoms with Crippen LogP contribution in [-0.2, 0) is 23.2 Å². The van der Waals surface area contributed by atoms with E-state index >= 15 is 0 Å². The normalized spacial score (nSPS) is 16.6. The number of rotatable bonds is 7. The van der Waals surface area contributed by atoms with Gasteiger partial charge in [0.15, 0.2) is 11.5 Å². The number of anilines is 1. The van der Waals surface area contributed by atoms with E-state index < -0.39 is 16.2 Å². The topological polar surface area (TPSA) is 67.9 Å². The highest BCUT2D eigenvalue weighted by atomic mass is 35.5. The van der Waals surface area contributed by atoms with E-state index in [2.05, 4.69) is 5.32 Å². The number of hydrogen-bond donors (Lipinski definition) is 1. The molecule has 1 N–H and O–H groups in total. The molecule has 1 aliphatic heterocycles. The summed E-state index contributed by atoms with van der Waals surface area (Å²) in [7, 11) is -2.20. The Kier molecular flexibility index (Phi) is 6.87. The van der Waals surface area contributed by atoms with Crippen molar-refractivity contribution < 1.29 is 17.9 Å². The monoisotopic (exact) mass is 520 g/mol. The molecule has 0 saturated carbocycles. The number of hydrogen-bond acceptors (Lipinski definition) is 5. The first-order valence-electron chi connectivity index (χ1n) is 11.4. The quantitative estimate of drug-likeness (QED) is 0.312. The molecule has 8 heteroatoms. The van der Waals surface area contributed by atoms with Crippen molar-refractivity contribution in [3.05, 3.63) is 119 Å². The largest absolute Gasteiger partial charge is 0.493 e. The third kappa shape index (κ3) is 4.91. The fourth-order valence-corrected chi connectivity index (χ4v) is 6.00. The van der Waals surface area contributed by atoms with E-state index in [0.717, 1.165) is 16.7 Å². The lowest BCUT2D eigenvalue weighted by molar-refractivity contribution is 0.283. The lowest BCUT2D eigenvalue weighted by atomic mass is 10.1. The molecule has 1 atom stereocenters. The van der Waals surface area contributed by atoms with Crippen LogP contribution in [0, 0.1) is 0 Å². The van der Waals surface area contributed by atoms with Crippen LogP contribution in [0.25, 0.3) is 0 Å². The van der Waals surface area contributed by atoms with Gasteiger partial charge in [-0.3, -0.25) is 0 Å². The van der Waals surface area contributed by atoms with Crippen LogP contribution in [0.2, 0.25) is 5.02 Å². The van der Waals surface area contributed by atoms with Crippen molar-refractivity contribution in [1.82, 2.24) is 4.31 Å². The van der Waals surface area contributed by atoms with Crippen LogP contribution < -0.4 is 14.8 Å². The molecular weight excluding hydrogens is 496 g/mol. The van der Waals surface area contributed by atoms with Crippen LogP contribution in [0.5, 0.6) is 11.5 Å². The van der Waals surface area contributed by atoms with Gasteiger partial charge < -0.3 is 14.8 Å². The van der Waals surface area contributed by atoms with E-state index in [1.165, 1.54) is 4.31 Å². The Balaban J connectivity index is 1.48. The third-order valence-electron chi connectivity index (χ3n) is 6.05. The van der Waals surface area contributed by atoms with Gasteiger partial charge in [0.25, 0.3) is 0 Å². The SMILES string of the molecule is COc1cc([C@H]2Nc3ccccc3S(=O)(=O)N2Cc2ccccc2)ccc1OCc1ccc(Cl)cc1. The van der Waals surface area contributed by atoms with Gasteiger partial charge in [0.05, 0.1) is 12.8 Å². The van der Waals surface area contributed by atoms with E-state index in [0.29, 0.717) is 28.8 Å². The Morgan fingerprint density at radius 1 is 0.861 bits per heavy atom. The molecule has 1 aliphatic rings. The van der Waals surface area contributed by atoms with Crippen LogP contribution in [0.15, 0.2) is 102 Å². The molecule has 4 aromatic rings. The van der Waals surface area contributed by atoms with Crippen LogP contribution in [0.3, 0.4) is 0 Å². The number of nitrogens with one attached hydrogen (secondary N) is 1. The van der Waals surface area contributed by atoms with Gasteiger partial charge in [0, 0.05) is 11.6 Å². The molecule has 36 heavy (non-hydrogen) atoms. The molecule has 0 fully saturated rings. The number of para-hydroxylation sites is 1. The van der Waals surface area contributed by atoms with E-state index in [9.17, 15) is 8.42 Å². The Hall–Kier alpha value is -3.52. The fourth-order valence-electron chi connectivity index (χ4n) is 4.20. The van der Waals surface area contributed by atoms with Gasteiger partial charge in [-0.25, -0.2) is 8.42 Å². The zero-order valence-corrected chi connectivity index (χ0v) is 21.2. The first-order valence-corrected chi connectivity index (χ1v) is 13.2. The summed E-state index contributed by atoms with van der Waals surface area (Å²) in [6.45, 7) is 0.558. The lowest BCUT2D eigenvalue weighted by Gasteiger charge is -2.37. The molecule has 0 bridgehead atoms. The number of fused-ring (bicyclic) bond motifs is 1. The standard InChI is InChI=1S/C28H25ClN2O4S/c1-34-26-17-22(13-16-25(26)35-19-21-11-14-23(29)15-12-21)28-30-24-9-5-6-10-27(24)36(32,33)31(28)18-20-7-3-2-4-8-20/h2-17,28,30H,18-19H2,1H3/t28-/m0/s1. The molecule has 0 aromatic heterocycles. The molecule has 0 aliphatic carbocycles. The van der Waals surface area contributed by atoms with Crippen molar-refractivity contribution in [1.29, 1.82) is 0 Å². The summed E-state index contributed by atoms with van der Waals surface area (Å²) in [5.41, 5.74) is 3.16. The van der Waals surface area contributed by atoms with Crippen molar-refractivity contribution >= 4 is 27.3 Å². The summed E-state index contributed by atoms with van der Waals surface area (Å²) in [6.07, 6.45) is -0.635. The highest BCUT2D eigenvalue weighted by Crippen LogP contribution is 2.41. The number of ether oxygens (including phenoxy) is 2. The highest BCUT2D eigenvalue weighted by molar-refractivity contribution is 7.89. The summed E-state index contributed by atoms with van der Waals surface area (Å²) in [5.74, 6) is 1.07. The van der Waals surface area contributed by atoms with Gasteiger partial charge in [-0.05, 0) is 53.1 Å². The molecule has 0 saturated heterocycles. The average molecular weight is 521 g/mol. The molecule has 184 valence electrons. The minimum absolute atomic E-state index is 0.215. The van der Waals surface area contributed by atoms with Crippen molar-refractivity contribution in [3.63, 3.8) is 0 Å². The van der Waals surface area contributed by atoms with E-state index in [-0.39, 0.29) is 11.4 Å². The zero-order valence-electron chi connectivity index (χ0n) is 19.6. The Morgan fingerprint density at radius 2 is 1.58 bits per heavy atom. The summed E-state index contributed by atoms with van der Waals surface area (Å²) < 4.78 is 40.5. The van der Waals surface area contributed by atoms with Gasteiger partial charge in [0.1, 0.15) is 17.7 Å². The molecule has 6 nitrogen and oxygen atoms in total. The molecular formula is C28H25ClN2O4S. The van der Waals surface area contributed by atoms with Crippen molar-refractivity contribution in [2.45, 2.75) is 24.2 Å². The summed E-state index contributed by atoms with van der Waals surface area (Å²) in [5, 5.41) is 4.08. The van der Waals surface area contributed by atoms with Crippen LogP contribution in [0.1, 0.15) is 22.9 Å². The number of benzene rings is 4. The van der Waals surface area contributed by atoms with Gasteiger partial charge in [-0.2, -0.15) is 4.31 Å². The summed E-state index contributed by atoms with van der Waals surface area (Å²) in [6, 6.07) is 29.4. The van der Waals surface area contributed by atoms with Crippen molar-refractivity contribution in [2.75, 3.05) is 12.4 Å². The molecule has 0 amide bonds. The zero-order chi connectivity index (χ0) is 25.1. The summed E-state index contributed by atoms with van der Waals surface area (Å²) >= 11 is 5.97. The Labute approximate surface area is 216 Å². The fraction of sp³-hybridized carbons (Fsp3) is 0.143. The maximum absolute atomic E-state index is 13.7. The van der Waals surface area contributed by atoms with Crippen LogP contribution >= 0.6 is 11.6 Å². The highest BCUT2D eigenvalue weighted by Gasteiger charge is 2.39. The van der Waals surface area contributed by atoms with E-state index in [1.54, 1.807) is 31.4 Å². The minimum atomic E-state index is -3.77. The van der Waals surface area contributed by atoms with E-state index in [4.69, 9.17) is 21.1 Å². The smallest absolute Gasteiger partial charge is 0.247 e. The predicted molar refractivity (Wildman–Crippen MR) is 141 cm³/mol. The molecule has 0 unspecified atom stereocenters. The third-order valence-corrected chi connectivity index (χ3v) is 8.17. The van der Waals surface area contributed by atoms with Crippen molar-refractivity contribution in [3.8, 4) is 11.5 Å². The van der Waals surface area contributed by atoms with Crippen molar-refractivity contribution in [2.24, 2.45) is 0 Å². The Bertz CT molecular complexity index is 1460. The predicted octanol–water partition coefficient (Wildman–Crippen LogP) is 6.24. The second kappa shape index (κ2) is 10.2. The summed E-state index contributed by atoms with van der Waals surface area (Å²) in [4.78, 5) is 0.257. The second-order valence-electron chi connectivity index (χ2n) is 8.40. The van der Waals surface area contributed by atoms with E-state index in [1.807, 2.05) is 72.8 Å². The molecule has 0 spiro atoms. The molecule has 4 aromatic carbocycles. The number of methoxy groups -OCH3 is 1.